The largest absolute Gasteiger partial charge is 0.351 e. The Morgan fingerprint density at radius 1 is 1.15 bits per heavy atom. The number of carbonyl (C=O) groups excluding carboxylic acids is 1. The SMILES string of the molecule is CCCn1c(CCC(=O)NCc2ccc(C)n2C)nc2cc(S(=O)(=O)N3CCCC3)ccc21. The van der Waals surface area contributed by atoms with Crippen molar-refractivity contribution in [3.63, 3.8) is 0 Å². The molecule has 0 unspecified atom stereocenters. The smallest absolute Gasteiger partial charge is 0.243 e. The van der Waals surface area contributed by atoms with Gasteiger partial charge < -0.3 is 14.5 Å². The third-order valence-corrected chi connectivity index (χ3v) is 8.36. The molecule has 0 aliphatic carbocycles. The topological polar surface area (TPSA) is 89.2 Å². The number of rotatable bonds is 9. The van der Waals surface area contributed by atoms with Gasteiger partial charge in [0.1, 0.15) is 5.82 Å². The van der Waals surface area contributed by atoms with Crippen molar-refractivity contribution >= 4 is 27.0 Å². The first-order valence-electron chi connectivity index (χ1n) is 11.7. The average Bonchev–Trinajstić information content (AvgIpc) is 3.52. The lowest BCUT2D eigenvalue weighted by molar-refractivity contribution is -0.121. The Balaban J connectivity index is 1.49. The van der Waals surface area contributed by atoms with Crippen LogP contribution in [0.5, 0.6) is 0 Å². The van der Waals surface area contributed by atoms with Crippen LogP contribution in [0.1, 0.15) is 49.8 Å². The molecular weight excluding hydrogens is 438 g/mol. The lowest BCUT2D eigenvalue weighted by Gasteiger charge is -2.15. The zero-order chi connectivity index (χ0) is 23.6. The van der Waals surface area contributed by atoms with E-state index in [2.05, 4.69) is 21.4 Å². The van der Waals surface area contributed by atoms with Gasteiger partial charge >= 0.3 is 0 Å². The van der Waals surface area contributed by atoms with E-state index in [4.69, 9.17) is 4.98 Å². The van der Waals surface area contributed by atoms with Gasteiger partial charge in [-0.2, -0.15) is 4.31 Å². The molecule has 2 aromatic heterocycles. The summed E-state index contributed by atoms with van der Waals surface area (Å²) in [7, 11) is -1.50. The number of carbonyl (C=O) groups is 1. The van der Waals surface area contributed by atoms with Crippen LogP contribution in [0.3, 0.4) is 0 Å². The molecule has 3 aromatic rings. The predicted octanol–water partition coefficient (Wildman–Crippen LogP) is 3.13. The molecule has 1 aliphatic rings. The maximum Gasteiger partial charge on any atom is 0.243 e. The monoisotopic (exact) mass is 471 g/mol. The molecule has 0 radical (unpaired) electrons. The number of nitrogens with one attached hydrogen (secondary N) is 1. The molecule has 1 amide bonds. The zero-order valence-corrected chi connectivity index (χ0v) is 20.5. The van der Waals surface area contributed by atoms with E-state index in [0.29, 0.717) is 42.9 Å². The maximum absolute atomic E-state index is 13.0. The van der Waals surface area contributed by atoms with Crippen molar-refractivity contribution in [2.24, 2.45) is 7.05 Å². The lowest BCUT2D eigenvalue weighted by Crippen LogP contribution is -2.27. The molecule has 3 heterocycles. The number of hydrogen-bond acceptors (Lipinski definition) is 4. The van der Waals surface area contributed by atoms with E-state index in [1.807, 2.05) is 32.2 Å². The highest BCUT2D eigenvalue weighted by Crippen LogP contribution is 2.26. The van der Waals surface area contributed by atoms with Crippen LogP contribution < -0.4 is 5.32 Å². The van der Waals surface area contributed by atoms with Crippen molar-refractivity contribution in [1.82, 2.24) is 23.7 Å². The summed E-state index contributed by atoms with van der Waals surface area (Å²) in [6.07, 6.45) is 3.56. The van der Waals surface area contributed by atoms with E-state index in [9.17, 15) is 13.2 Å². The van der Waals surface area contributed by atoms with Gasteiger partial charge in [0.05, 0.1) is 22.5 Å². The molecule has 1 N–H and O–H groups in total. The second-order valence-corrected chi connectivity index (χ2v) is 10.7. The van der Waals surface area contributed by atoms with Crippen molar-refractivity contribution in [3.05, 3.63) is 47.5 Å². The van der Waals surface area contributed by atoms with Gasteiger partial charge in [0.2, 0.25) is 15.9 Å². The minimum Gasteiger partial charge on any atom is -0.351 e. The van der Waals surface area contributed by atoms with Gasteiger partial charge in [-0.05, 0) is 56.5 Å². The minimum atomic E-state index is -3.49. The Bertz CT molecular complexity index is 1250. The normalized spacial score (nSPS) is 14.9. The highest BCUT2D eigenvalue weighted by molar-refractivity contribution is 7.89. The van der Waals surface area contributed by atoms with E-state index < -0.39 is 10.0 Å². The van der Waals surface area contributed by atoms with E-state index in [0.717, 1.165) is 48.5 Å². The van der Waals surface area contributed by atoms with Gasteiger partial charge in [-0.15, -0.1) is 0 Å². The first kappa shape index (κ1) is 23.5. The Hall–Kier alpha value is -2.65. The number of amides is 1. The van der Waals surface area contributed by atoms with Crippen LogP contribution in [0.15, 0.2) is 35.2 Å². The molecule has 178 valence electrons. The van der Waals surface area contributed by atoms with Crippen LogP contribution in [0, 0.1) is 6.92 Å². The highest BCUT2D eigenvalue weighted by Gasteiger charge is 2.27. The maximum atomic E-state index is 13.0. The van der Waals surface area contributed by atoms with Crippen LogP contribution in [-0.4, -0.2) is 45.8 Å². The van der Waals surface area contributed by atoms with Crippen LogP contribution in [0.2, 0.25) is 0 Å². The molecule has 1 aromatic carbocycles. The molecule has 0 spiro atoms. The molecule has 1 fully saturated rings. The average molecular weight is 472 g/mol. The second-order valence-electron chi connectivity index (χ2n) is 8.74. The van der Waals surface area contributed by atoms with Gasteiger partial charge in [0, 0.05) is 50.9 Å². The first-order valence-corrected chi connectivity index (χ1v) is 13.1. The molecule has 4 rings (SSSR count). The molecule has 0 saturated carbocycles. The van der Waals surface area contributed by atoms with Crippen molar-refractivity contribution in [2.45, 2.75) is 63.9 Å². The number of nitrogens with zero attached hydrogens (tertiary/aromatic N) is 4. The Kier molecular flexibility index (Phi) is 6.90. The number of hydrogen-bond donors (Lipinski definition) is 1. The number of aromatic nitrogens is 3. The number of fused-ring (bicyclic) bond motifs is 1. The fourth-order valence-corrected chi connectivity index (χ4v) is 5.95. The summed E-state index contributed by atoms with van der Waals surface area (Å²) >= 11 is 0. The number of aryl methyl sites for hydroxylation is 3. The first-order chi connectivity index (χ1) is 15.8. The molecule has 8 nitrogen and oxygen atoms in total. The molecule has 0 atom stereocenters. The Morgan fingerprint density at radius 2 is 1.91 bits per heavy atom. The molecule has 33 heavy (non-hydrogen) atoms. The van der Waals surface area contributed by atoms with Gasteiger partial charge in [-0.1, -0.05) is 6.92 Å². The van der Waals surface area contributed by atoms with Crippen molar-refractivity contribution in [3.8, 4) is 0 Å². The molecule has 1 saturated heterocycles. The van der Waals surface area contributed by atoms with Crippen LogP contribution in [0.4, 0.5) is 0 Å². The standard InChI is InChI=1S/C24H33N5O3S/c1-4-13-29-22-10-9-20(33(31,32)28-14-5-6-15-28)16-21(22)26-23(29)11-12-24(30)25-17-19-8-7-18(2)27(19)3/h7-10,16H,4-6,11-15,17H2,1-3H3,(H,25,30). The fraction of sp³-hybridized carbons (Fsp3) is 0.500. The quantitative estimate of drug-likeness (QED) is 0.519. The fourth-order valence-electron chi connectivity index (χ4n) is 4.41. The summed E-state index contributed by atoms with van der Waals surface area (Å²) in [6.45, 7) is 6.54. The van der Waals surface area contributed by atoms with Crippen molar-refractivity contribution < 1.29 is 13.2 Å². The summed E-state index contributed by atoms with van der Waals surface area (Å²) in [5.41, 5.74) is 3.79. The van der Waals surface area contributed by atoms with Gasteiger partial charge in [0.25, 0.3) is 0 Å². The van der Waals surface area contributed by atoms with Gasteiger partial charge in [0.15, 0.2) is 0 Å². The molecule has 0 bridgehead atoms. The highest BCUT2D eigenvalue weighted by atomic mass is 32.2. The van der Waals surface area contributed by atoms with E-state index in [-0.39, 0.29) is 5.91 Å². The zero-order valence-electron chi connectivity index (χ0n) is 19.7. The molecule has 9 heteroatoms. The number of sulfonamides is 1. The second kappa shape index (κ2) is 9.69. The van der Waals surface area contributed by atoms with Gasteiger partial charge in [-0.3, -0.25) is 4.79 Å². The minimum absolute atomic E-state index is 0.0266. The van der Waals surface area contributed by atoms with Crippen molar-refractivity contribution in [1.29, 1.82) is 0 Å². The Labute approximate surface area is 195 Å². The summed E-state index contributed by atoms with van der Waals surface area (Å²) in [6, 6.07) is 9.26. The number of benzene rings is 1. The summed E-state index contributed by atoms with van der Waals surface area (Å²) in [4.78, 5) is 17.5. The summed E-state index contributed by atoms with van der Waals surface area (Å²) in [5.74, 6) is 0.786. The van der Waals surface area contributed by atoms with Gasteiger partial charge in [-0.25, -0.2) is 13.4 Å². The van der Waals surface area contributed by atoms with E-state index in [1.165, 1.54) is 0 Å². The van der Waals surface area contributed by atoms with Crippen LogP contribution in [0.25, 0.3) is 11.0 Å². The Morgan fingerprint density at radius 3 is 2.58 bits per heavy atom. The van der Waals surface area contributed by atoms with E-state index in [1.54, 1.807) is 16.4 Å². The summed E-state index contributed by atoms with van der Waals surface area (Å²) < 4.78 is 31.6. The predicted molar refractivity (Wildman–Crippen MR) is 128 cm³/mol. The molecular formula is C24H33N5O3S. The lowest BCUT2D eigenvalue weighted by atomic mass is 10.2. The van der Waals surface area contributed by atoms with Crippen LogP contribution in [-0.2, 0) is 41.4 Å². The molecule has 1 aliphatic heterocycles. The third-order valence-electron chi connectivity index (χ3n) is 6.47. The third kappa shape index (κ3) is 4.84. The van der Waals surface area contributed by atoms with Crippen LogP contribution >= 0.6 is 0 Å². The summed E-state index contributed by atoms with van der Waals surface area (Å²) in [5, 5.41) is 2.99. The van der Waals surface area contributed by atoms with Crippen molar-refractivity contribution in [2.75, 3.05) is 13.1 Å². The van der Waals surface area contributed by atoms with E-state index >= 15 is 0 Å². The number of imidazole rings is 1.